The molecule has 0 spiro atoms. The zero-order valence-electron chi connectivity index (χ0n) is 14.1. The fourth-order valence-corrected chi connectivity index (χ4v) is 3.79. The molecule has 2 aromatic rings. The average Bonchev–Trinajstić information content (AvgIpc) is 2.92. The van der Waals surface area contributed by atoms with Crippen molar-refractivity contribution in [1.82, 2.24) is 9.88 Å². The van der Waals surface area contributed by atoms with Gasteiger partial charge in [0.2, 0.25) is 0 Å². The standard InChI is InChI=1S/C19H24N4/c1-21(2)16-6-4-14(5-7-16)18-9-8-17(10-20-18)23-12-15-11-22(3)19(15)13-23/h4-10,15,19H,11-13H2,1-3H3/t15-,19+/m1/s1. The Morgan fingerprint density at radius 1 is 1.00 bits per heavy atom. The number of likely N-dealkylation sites (N-methyl/N-ethyl adjacent to an activating group) is 1. The Balaban J connectivity index is 1.50. The first-order chi connectivity index (χ1) is 11.1. The van der Waals surface area contributed by atoms with Crippen LogP contribution in [0.25, 0.3) is 11.3 Å². The predicted octanol–water partition coefficient (Wildman–Crippen LogP) is 2.56. The molecule has 2 aliphatic rings. The third-order valence-corrected chi connectivity index (χ3v) is 5.29. The van der Waals surface area contributed by atoms with Crippen molar-refractivity contribution in [3.63, 3.8) is 0 Å². The van der Waals surface area contributed by atoms with Crippen LogP contribution in [0.2, 0.25) is 0 Å². The van der Waals surface area contributed by atoms with Gasteiger partial charge in [-0.25, -0.2) is 0 Å². The Morgan fingerprint density at radius 3 is 2.35 bits per heavy atom. The van der Waals surface area contributed by atoms with E-state index in [1.807, 2.05) is 6.20 Å². The van der Waals surface area contributed by atoms with Crippen molar-refractivity contribution in [3.05, 3.63) is 42.6 Å². The lowest BCUT2D eigenvalue weighted by Gasteiger charge is -2.40. The fraction of sp³-hybridized carbons (Fsp3) is 0.421. The maximum atomic E-state index is 4.69. The van der Waals surface area contributed by atoms with E-state index in [0.29, 0.717) is 0 Å². The van der Waals surface area contributed by atoms with Crippen LogP contribution in [-0.4, -0.2) is 56.7 Å². The number of rotatable bonds is 3. The molecule has 0 aliphatic carbocycles. The second-order valence-electron chi connectivity index (χ2n) is 7.01. The number of aromatic nitrogens is 1. The molecular formula is C19H24N4. The van der Waals surface area contributed by atoms with Crippen LogP contribution in [0.1, 0.15) is 0 Å². The zero-order chi connectivity index (χ0) is 16.0. The number of pyridine rings is 1. The van der Waals surface area contributed by atoms with Gasteiger partial charge in [0.1, 0.15) is 0 Å². The minimum atomic E-state index is 0.744. The number of hydrogen-bond acceptors (Lipinski definition) is 4. The topological polar surface area (TPSA) is 22.6 Å². The Kier molecular flexibility index (Phi) is 3.49. The van der Waals surface area contributed by atoms with Gasteiger partial charge in [-0.05, 0) is 31.3 Å². The third-order valence-electron chi connectivity index (χ3n) is 5.29. The van der Waals surface area contributed by atoms with E-state index in [0.717, 1.165) is 24.2 Å². The highest BCUT2D eigenvalue weighted by Crippen LogP contribution is 2.33. The highest BCUT2D eigenvalue weighted by Gasteiger charge is 2.43. The lowest BCUT2D eigenvalue weighted by Crippen LogP contribution is -2.52. The second-order valence-corrected chi connectivity index (χ2v) is 7.01. The summed E-state index contributed by atoms with van der Waals surface area (Å²) in [5.74, 6) is 0.846. The summed E-state index contributed by atoms with van der Waals surface area (Å²) in [5.41, 5.74) is 4.67. The molecule has 4 heteroatoms. The summed E-state index contributed by atoms with van der Waals surface area (Å²) < 4.78 is 0. The molecule has 23 heavy (non-hydrogen) atoms. The van der Waals surface area contributed by atoms with E-state index in [-0.39, 0.29) is 0 Å². The summed E-state index contributed by atoms with van der Waals surface area (Å²) in [6.45, 7) is 3.55. The van der Waals surface area contributed by atoms with E-state index in [2.05, 4.69) is 77.2 Å². The lowest BCUT2D eigenvalue weighted by molar-refractivity contribution is 0.0827. The van der Waals surface area contributed by atoms with Crippen molar-refractivity contribution >= 4 is 11.4 Å². The molecular weight excluding hydrogens is 284 g/mol. The van der Waals surface area contributed by atoms with E-state index >= 15 is 0 Å². The van der Waals surface area contributed by atoms with Gasteiger partial charge in [-0.15, -0.1) is 0 Å². The molecule has 0 saturated carbocycles. The molecule has 1 aromatic carbocycles. The molecule has 4 rings (SSSR count). The van der Waals surface area contributed by atoms with E-state index in [4.69, 9.17) is 0 Å². The minimum absolute atomic E-state index is 0.744. The molecule has 4 nitrogen and oxygen atoms in total. The molecule has 0 bridgehead atoms. The molecule has 2 fully saturated rings. The van der Waals surface area contributed by atoms with Crippen molar-refractivity contribution in [1.29, 1.82) is 0 Å². The number of hydrogen-bond donors (Lipinski definition) is 0. The molecule has 1 aromatic heterocycles. The fourth-order valence-electron chi connectivity index (χ4n) is 3.79. The van der Waals surface area contributed by atoms with Gasteiger partial charge in [0, 0.05) is 56.9 Å². The van der Waals surface area contributed by atoms with Crippen LogP contribution in [0.4, 0.5) is 11.4 Å². The molecule has 2 aliphatic heterocycles. The molecule has 0 amide bonds. The quantitative estimate of drug-likeness (QED) is 0.869. The number of fused-ring (bicyclic) bond motifs is 1. The van der Waals surface area contributed by atoms with Crippen LogP contribution >= 0.6 is 0 Å². The highest BCUT2D eigenvalue weighted by atomic mass is 15.3. The first-order valence-corrected chi connectivity index (χ1v) is 8.31. The minimum Gasteiger partial charge on any atom is -0.378 e. The summed E-state index contributed by atoms with van der Waals surface area (Å²) in [4.78, 5) is 11.7. The molecule has 0 radical (unpaired) electrons. The van der Waals surface area contributed by atoms with Crippen molar-refractivity contribution in [3.8, 4) is 11.3 Å². The van der Waals surface area contributed by atoms with Gasteiger partial charge in [-0.3, -0.25) is 4.98 Å². The second kappa shape index (κ2) is 5.53. The largest absolute Gasteiger partial charge is 0.378 e. The van der Waals surface area contributed by atoms with Crippen LogP contribution in [0, 0.1) is 5.92 Å². The molecule has 0 unspecified atom stereocenters. The molecule has 0 N–H and O–H groups in total. The zero-order valence-corrected chi connectivity index (χ0v) is 14.1. The monoisotopic (exact) mass is 308 g/mol. The van der Waals surface area contributed by atoms with Gasteiger partial charge in [0.05, 0.1) is 17.6 Å². The maximum absolute atomic E-state index is 4.69. The average molecular weight is 308 g/mol. The maximum Gasteiger partial charge on any atom is 0.0703 e. The first kappa shape index (κ1) is 14.5. The smallest absolute Gasteiger partial charge is 0.0703 e. The van der Waals surface area contributed by atoms with E-state index in [1.165, 1.54) is 30.0 Å². The van der Waals surface area contributed by atoms with Gasteiger partial charge in [0.25, 0.3) is 0 Å². The van der Waals surface area contributed by atoms with Crippen LogP contribution in [0.3, 0.4) is 0 Å². The summed E-state index contributed by atoms with van der Waals surface area (Å²) in [6, 6.07) is 13.7. The first-order valence-electron chi connectivity index (χ1n) is 8.31. The van der Waals surface area contributed by atoms with Crippen LogP contribution in [0.15, 0.2) is 42.6 Å². The van der Waals surface area contributed by atoms with Crippen molar-refractivity contribution in [2.75, 3.05) is 50.6 Å². The van der Waals surface area contributed by atoms with Crippen molar-refractivity contribution < 1.29 is 0 Å². The molecule has 2 saturated heterocycles. The normalized spacial score (nSPS) is 23.5. The van der Waals surface area contributed by atoms with Crippen LogP contribution < -0.4 is 9.80 Å². The van der Waals surface area contributed by atoms with Gasteiger partial charge < -0.3 is 14.7 Å². The van der Waals surface area contributed by atoms with Gasteiger partial charge in [-0.1, -0.05) is 12.1 Å². The van der Waals surface area contributed by atoms with Gasteiger partial charge >= 0.3 is 0 Å². The van der Waals surface area contributed by atoms with E-state index in [9.17, 15) is 0 Å². The third kappa shape index (κ3) is 2.57. The van der Waals surface area contributed by atoms with Gasteiger partial charge in [0.15, 0.2) is 0 Å². The Labute approximate surface area is 138 Å². The predicted molar refractivity (Wildman–Crippen MR) is 96.1 cm³/mol. The summed E-state index contributed by atoms with van der Waals surface area (Å²) in [5, 5.41) is 0. The number of benzene rings is 1. The summed E-state index contributed by atoms with van der Waals surface area (Å²) >= 11 is 0. The van der Waals surface area contributed by atoms with Crippen molar-refractivity contribution in [2.24, 2.45) is 5.92 Å². The number of anilines is 2. The Bertz CT molecular complexity index is 678. The molecule has 3 heterocycles. The summed E-state index contributed by atoms with van der Waals surface area (Å²) in [6.07, 6.45) is 2.03. The molecule has 120 valence electrons. The van der Waals surface area contributed by atoms with E-state index in [1.54, 1.807) is 0 Å². The van der Waals surface area contributed by atoms with Crippen LogP contribution in [-0.2, 0) is 0 Å². The SMILES string of the molecule is CN(C)c1ccc(-c2ccc(N3C[C@H]4CN(C)[C@H]4C3)cn2)cc1. The summed E-state index contributed by atoms with van der Waals surface area (Å²) in [7, 11) is 6.34. The van der Waals surface area contributed by atoms with Gasteiger partial charge in [-0.2, -0.15) is 0 Å². The molecule has 2 atom stereocenters. The van der Waals surface area contributed by atoms with Crippen LogP contribution in [0.5, 0.6) is 0 Å². The highest BCUT2D eigenvalue weighted by molar-refractivity contribution is 5.64. The number of likely N-dealkylation sites (tertiary alicyclic amines) is 1. The Hall–Kier alpha value is -2.07. The van der Waals surface area contributed by atoms with Crippen molar-refractivity contribution in [2.45, 2.75) is 6.04 Å². The Morgan fingerprint density at radius 2 is 1.78 bits per heavy atom. The lowest BCUT2D eigenvalue weighted by atomic mass is 9.93. The number of nitrogens with zero attached hydrogens (tertiary/aromatic N) is 4. The van der Waals surface area contributed by atoms with E-state index < -0.39 is 0 Å².